The Morgan fingerprint density at radius 2 is 1.85 bits per heavy atom. The molecule has 0 spiro atoms. The molecule has 7 nitrogen and oxygen atoms in total. The topological polar surface area (TPSA) is 61.7 Å². The number of aromatic nitrogens is 2. The smallest absolute Gasteiger partial charge is 0.256 e. The third-order valence-electron chi connectivity index (χ3n) is 9.35. The van der Waals surface area contributed by atoms with Crippen LogP contribution in [-0.4, -0.2) is 81.9 Å². The molecule has 39 heavy (non-hydrogen) atoms. The van der Waals surface area contributed by atoms with E-state index in [0.29, 0.717) is 29.0 Å². The number of benzene rings is 1. The molecular weight excluding hydrogens is 493 g/mol. The average Bonchev–Trinajstić information content (AvgIpc) is 3.19. The maximum absolute atomic E-state index is 14.3. The minimum absolute atomic E-state index is 0.000610. The quantitative estimate of drug-likeness (QED) is 0.460. The fourth-order valence-electron chi connectivity index (χ4n) is 6.85. The number of hydrogen-bond donors (Lipinski definition) is 0. The number of carbonyl (C=O) groups excluding carboxylic acids is 2. The van der Waals surface area contributed by atoms with Gasteiger partial charge in [0.15, 0.2) is 0 Å². The van der Waals surface area contributed by atoms with Crippen LogP contribution < -0.4 is 0 Å². The summed E-state index contributed by atoms with van der Waals surface area (Å²) in [6.07, 6.45) is 6.82. The number of piperidine rings is 1. The van der Waals surface area contributed by atoms with Gasteiger partial charge >= 0.3 is 0 Å². The molecule has 2 saturated heterocycles. The molecular formula is C31H38FN5O2. The summed E-state index contributed by atoms with van der Waals surface area (Å²) in [6, 6.07) is 4.47. The lowest BCUT2D eigenvalue weighted by Gasteiger charge is -2.40. The van der Waals surface area contributed by atoms with E-state index in [4.69, 9.17) is 0 Å². The monoisotopic (exact) mass is 531 g/mol. The van der Waals surface area contributed by atoms with E-state index in [2.05, 4.69) is 23.0 Å². The molecule has 0 N–H and O–H groups in total. The van der Waals surface area contributed by atoms with Crippen LogP contribution in [0.4, 0.5) is 4.39 Å². The number of aryl methyl sites for hydroxylation is 1. The van der Waals surface area contributed by atoms with E-state index in [1.807, 2.05) is 35.7 Å². The van der Waals surface area contributed by atoms with Gasteiger partial charge in [-0.2, -0.15) is 0 Å². The molecule has 2 aromatic heterocycles. The molecule has 2 aliphatic heterocycles. The summed E-state index contributed by atoms with van der Waals surface area (Å²) < 4.78 is 16.4. The van der Waals surface area contributed by atoms with Crippen LogP contribution in [0.3, 0.4) is 0 Å². The Hall–Kier alpha value is -3.26. The second-order valence-electron chi connectivity index (χ2n) is 12.3. The fraction of sp³-hybridized carbons (Fsp3) is 0.516. The van der Waals surface area contributed by atoms with Gasteiger partial charge in [-0.25, -0.2) is 4.39 Å². The highest BCUT2D eigenvalue weighted by atomic mass is 19.1. The van der Waals surface area contributed by atoms with Crippen LogP contribution in [0.25, 0.3) is 16.6 Å². The van der Waals surface area contributed by atoms with Gasteiger partial charge in [0.05, 0.1) is 23.0 Å². The van der Waals surface area contributed by atoms with E-state index in [-0.39, 0.29) is 17.9 Å². The lowest BCUT2D eigenvalue weighted by molar-refractivity contribution is -0.128. The Morgan fingerprint density at radius 3 is 2.51 bits per heavy atom. The van der Waals surface area contributed by atoms with Gasteiger partial charge in [0.25, 0.3) is 5.91 Å². The molecule has 2 unspecified atom stereocenters. The number of likely N-dealkylation sites (tertiary alicyclic amines) is 2. The van der Waals surface area contributed by atoms with Gasteiger partial charge in [-0.1, -0.05) is 0 Å². The third kappa shape index (κ3) is 4.62. The van der Waals surface area contributed by atoms with Crippen molar-refractivity contribution in [1.29, 1.82) is 0 Å². The first-order valence-electron chi connectivity index (χ1n) is 14.1. The predicted molar refractivity (Wildman–Crippen MR) is 149 cm³/mol. The first-order chi connectivity index (χ1) is 18.6. The van der Waals surface area contributed by atoms with Gasteiger partial charge in [0.1, 0.15) is 5.82 Å². The van der Waals surface area contributed by atoms with E-state index < -0.39 is 5.82 Å². The Morgan fingerprint density at radius 1 is 1.13 bits per heavy atom. The summed E-state index contributed by atoms with van der Waals surface area (Å²) in [4.78, 5) is 35.6. The van der Waals surface area contributed by atoms with Crippen molar-refractivity contribution in [3.05, 3.63) is 59.3 Å². The van der Waals surface area contributed by atoms with Crippen molar-refractivity contribution < 1.29 is 14.0 Å². The highest BCUT2D eigenvalue weighted by molar-refractivity contribution is 5.99. The van der Waals surface area contributed by atoms with Crippen LogP contribution in [0.15, 0.2) is 36.8 Å². The number of nitrogens with zero attached hydrogens (tertiary/aromatic N) is 5. The van der Waals surface area contributed by atoms with E-state index in [0.717, 1.165) is 56.1 Å². The zero-order valence-electron chi connectivity index (χ0n) is 23.5. The van der Waals surface area contributed by atoms with Crippen LogP contribution in [-0.2, 0) is 11.2 Å². The van der Waals surface area contributed by atoms with E-state index in [1.165, 1.54) is 23.1 Å². The summed E-state index contributed by atoms with van der Waals surface area (Å²) in [5, 5.41) is 1.17. The number of carbonyl (C=O) groups is 2. The predicted octanol–water partition coefficient (Wildman–Crippen LogP) is 4.15. The highest BCUT2D eigenvalue weighted by Gasteiger charge is 2.56. The first kappa shape index (κ1) is 26.0. The van der Waals surface area contributed by atoms with E-state index in [1.54, 1.807) is 24.9 Å². The zero-order chi connectivity index (χ0) is 27.6. The molecule has 8 heteroatoms. The second-order valence-corrected chi connectivity index (χ2v) is 12.3. The molecule has 0 radical (unpaired) electrons. The van der Waals surface area contributed by atoms with Gasteiger partial charge in [-0.15, -0.1) is 0 Å². The van der Waals surface area contributed by atoms with Crippen molar-refractivity contribution in [2.45, 2.75) is 40.2 Å². The fourth-order valence-corrected chi connectivity index (χ4v) is 6.85. The van der Waals surface area contributed by atoms with Crippen molar-refractivity contribution >= 4 is 22.7 Å². The number of halogens is 1. The molecule has 4 heterocycles. The summed E-state index contributed by atoms with van der Waals surface area (Å²) in [7, 11) is 1.75. The standard InChI is InChI=1S/C31H38FN5O2/c1-18(2)34(5)31(39)24-9-23(32)6-7-28(24)37-14-22(30-19(3)10-33-11-29(30)37)8-21-12-35(13-21)15-25-26-16-36(20(4)38)17-27(25)26/h6-7,9-11,14,18,21,25-27H,8,12-13,15-17H2,1-5H3. The largest absolute Gasteiger partial charge is 0.342 e. The molecule has 206 valence electrons. The van der Waals surface area contributed by atoms with Gasteiger partial charge in [0, 0.05) is 70.5 Å². The van der Waals surface area contributed by atoms with Gasteiger partial charge in [-0.05, 0) is 80.2 Å². The lowest BCUT2D eigenvalue weighted by atomic mass is 9.91. The number of rotatable bonds is 7. The number of hydrogen-bond acceptors (Lipinski definition) is 4. The molecule has 2 atom stereocenters. The van der Waals surface area contributed by atoms with Gasteiger partial charge in [0.2, 0.25) is 5.91 Å². The van der Waals surface area contributed by atoms with Crippen LogP contribution in [0, 0.1) is 36.4 Å². The summed E-state index contributed by atoms with van der Waals surface area (Å²) in [5.41, 5.74) is 4.31. The van der Waals surface area contributed by atoms with Crippen molar-refractivity contribution in [2.24, 2.45) is 23.7 Å². The van der Waals surface area contributed by atoms with E-state index in [9.17, 15) is 14.0 Å². The van der Waals surface area contributed by atoms with Crippen molar-refractivity contribution in [1.82, 2.24) is 24.3 Å². The summed E-state index contributed by atoms with van der Waals surface area (Å²) >= 11 is 0. The molecule has 1 aliphatic carbocycles. The van der Waals surface area contributed by atoms with Crippen LogP contribution >= 0.6 is 0 Å². The maximum Gasteiger partial charge on any atom is 0.256 e. The van der Waals surface area contributed by atoms with Gasteiger partial charge < -0.3 is 19.3 Å². The van der Waals surface area contributed by atoms with Crippen LogP contribution in [0.5, 0.6) is 0 Å². The van der Waals surface area contributed by atoms with Crippen molar-refractivity contribution in [2.75, 3.05) is 39.8 Å². The molecule has 3 aromatic rings. The maximum atomic E-state index is 14.3. The number of fused-ring (bicyclic) bond motifs is 2. The number of pyridine rings is 1. The molecule has 6 rings (SSSR count). The molecule has 1 aromatic carbocycles. The Balaban J connectivity index is 1.21. The first-order valence-corrected chi connectivity index (χ1v) is 14.1. The average molecular weight is 532 g/mol. The molecule has 1 saturated carbocycles. The molecule has 2 amide bonds. The zero-order valence-corrected chi connectivity index (χ0v) is 23.5. The number of amides is 2. The molecule has 3 fully saturated rings. The highest BCUT2D eigenvalue weighted by Crippen LogP contribution is 2.52. The summed E-state index contributed by atoms with van der Waals surface area (Å²) in [6.45, 7) is 12.9. The van der Waals surface area contributed by atoms with Crippen LogP contribution in [0.2, 0.25) is 0 Å². The van der Waals surface area contributed by atoms with Crippen molar-refractivity contribution in [3.8, 4) is 5.69 Å². The minimum atomic E-state index is -0.423. The van der Waals surface area contributed by atoms with Crippen molar-refractivity contribution in [3.63, 3.8) is 0 Å². The van der Waals surface area contributed by atoms with E-state index >= 15 is 0 Å². The van der Waals surface area contributed by atoms with Crippen LogP contribution in [0.1, 0.15) is 42.3 Å². The summed E-state index contributed by atoms with van der Waals surface area (Å²) in [5.74, 6) is 2.30. The molecule has 0 bridgehead atoms. The Kier molecular flexibility index (Phi) is 6.49. The molecule has 3 aliphatic rings. The second kappa shape index (κ2) is 9.73. The normalized spacial score (nSPS) is 22.8. The minimum Gasteiger partial charge on any atom is -0.342 e. The van der Waals surface area contributed by atoms with Gasteiger partial charge in [-0.3, -0.25) is 14.6 Å². The Bertz CT molecular complexity index is 1430. The SMILES string of the molecule is CC(=O)N1CC2C(CN3CC(Cc4cn(-c5ccc(F)cc5C(=O)N(C)C(C)C)c5cncc(C)c45)C3)C2C1. The Labute approximate surface area is 229 Å². The third-order valence-corrected chi connectivity index (χ3v) is 9.35. The lowest BCUT2D eigenvalue weighted by Crippen LogP contribution is -2.49.